The van der Waals surface area contributed by atoms with E-state index in [1.807, 2.05) is 13.8 Å². The van der Waals surface area contributed by atoms with Crippen LogP contribution in [0.5, 0.6) is 11.5 Å². The van der Waals surface area contributed by atoms with Gasteiger partial charge in [-0.2, -0.15) is 5.26 Å². The van der Waals surface area contributed by atoms with Crippen LogP contribution in [0.3, 0.4) is 0 Å². The lowest BCUT2D eigenvalue weighted by atomic mass is 10.1. The zero-order valence-electron chi connectivity index (χ0n) is 13.2. The average Bonchev–Trinajstić information content (AvgIpc) is 2.81. The number of nitrogens with one attached hydrogen (secondary N) is 1. The summed E-state index contributed by atoms with van der Waals surface area (Å²) in [4.78, 5) is 13.3. The Morgan fingerprint density at radius 2 is 2.12 bits per heavy atom. The lowest BCUT2D eigenvalue weighted by molar-refractivity contribution is -0.115. The predicted octanol–water partition coefficient (Wildman–Crippen LogP) is 3.84. The Labute approximate surface area is 148 Å². The molecule has 7 heteroatoms. The van der Waals surface area contributed by atoms with Crippen molar-refractivity contribution >= 4 is 33.8 Å². The summed E-state index contributed by atoms with van der Waals surface area (Å²) < 4.78 is 11.0. The van der Waals surface area contributed by atoms with E-state index in [2.05, 4.69) is 11.4 Å². The Morgan fingerprint density at radius 1 is 1.38 bits per heavy atom. The highest BCUT2D eigenvalue weighted by atomic mass is 35.5. The molecule has 0 bridgehead atoms. The third-order valence-electron chi connectivity index (χ3n) is 3.77. The van der Waals surface area contributed by atoms with Crippen molar-refractivity contribution in [3.63, 3.8) is 0 Å². The van der Waals surface area contributed by atoms with E-state index in [1.165, 1.54) is 11.3 Å². The number of carbonyl (C=O) groups is 1. The number of nitriles is 1. The van der Waals surface area contributed by atoms with Crippen LogP contribution in [0.15, 0.2) is 12.1 Å². The van der Waals surface area contributed by atoms with Crippen LogP contribution in [0.1, 0.15) is 21.6 Å². The van der Waals surface area contributed by atoms with Crippen LogP contribution < -0.4 is 14.8 Å². The van der Waals surface area contributed by atoms with Crippen molar-refractivity contribution in [2.24, 2.45) is 0 Å². The second-order valence-corrected chi connectivity index (χ2v) is 7.06. The van der Waals surface area contributed by atoms with Crippen molar-refractivity contribution in [1.29, 1.82) is 5.26 Å². The molecule has 0 unspecified atom stereocenters. The van der Waals surface area contributed by atoms with E-state index in [9.17, 15) is 10.1 Å². The number of thiophene rings is 1. The topological polar surface area (TPSA) is 71.3 Å². The van der Waals surface area contributed by atoms with Gasteiger partial charge in [0.25, 0.3) is 0 Å². The van der Waals surface area contributed by atoms with Crippen LogP contribution >= 0.6 is 22.9 Å². The summed E-state index contributed by atoms with van der Waals surface area (Å²) in [7, 11) is 0. The molecular formula is C17H15ClN2O3S. The molecule has 3 rings (SSSR count). The molecule has 1 N–H and O–H groups in total. The molecule has 2 aromatic rings. The first-order chi connectivity index (χ1) is 11.5. The molecule has 0 fully saturated rings. The molecule has 1 amide bonds. The summed E-state index contributed by atoms with van der Waals surface area (Å²) in [5.41, 5.74) is 2.15. The minimum atomic E-state index is -0.208. The SMILES string of the molecule is Cc1sc(NC(=O)Cc2cc(Cl)c3c(c2)OCCO3)c(C#N)c1C. The second kappa shape index (κ2) is 6.71. The molecular weight excluding hydrogens is 348 g/mol. The van der Waals surface area contributed by atoms with E-state index in [0.717, 1.165) is 16.0 Å². The van der Waals surface area contributed by atoms with Gasteiger partial charge in [0.15, 0.2) is 11.5 Å². The summed E-state index contributed by atoms with van der Waals surface area (Å²) in [5.74, 6) is 0.862. The van der Waals surface area contributed by atoms with Crippen molar-refractivity contribution in [2.75, 3.05) is 18.5 Å². The van der Waals surface area contributed by atoms with E-state index >= 15 is 0 Å². The van der Waals surface area contributed by atoms with Gasteiger partial charge >= 0.3 is 0 Å². The van der Waals surface area contributed by atoms with Crippen LogP contribution in [-0.4, -0.2) is 19.1 Å². The van der Waals surface area contributed by atoms with E-state index in [4.69, 9.17) is 21.1 Å². The lowest BCUT2D eigenvalue weighted by Gasteiger charge is -2.20. The third kappa shape index (κ3) is 3.18. The molecule has 1 aromatic carbocycles. The molecule has 124 valence electrons. The molecule has 0 saturated carbocycles. The fraction of sp³-hybridized carbons (Fsp3) is 0.294. The summed E-state index contributed by atoms with van der Waals surface area (Å²) >= 11 is 7.59. The number of benzene rings is 1. The average molecular weight is 363 g/mol. The van der Waals surface area contributed by atoms with Crippen LogP contribution in [0.25, 0.3) is 0 Å². The molecule has 1 aliphatic heterocycles. The summed E-state index contributed by atoms with van der Waals surface area (Å²) in [6.45, 7) is 4.72. The number of amides is 1. The number of ether oxygens (including phenoxy) is 2. The molecule has 0 atom stereocenters. The molecule has 24 heavy (non-hydrogen) atoms. The first kappa shape index (κ1) is 16.6. The highest BCUT2D eigenvalue weighted by Crippen LogP contribution is 2.38. The number of nitrogens with zero attached hydrogens (tertiary/aromatic N) is 1. The first-order valence-corrected chi connectivity index (χ1v) is 8.57. The number of hydrogen-bond donors (Lipinski definition) is 1. The van der Waals surface area contributed by atoms with Crippen molar-refractivity contribution in [3.05, 3.63) is 38.7 Å². The summed E-state index contributed by atoms with van der Waals surface area (Å²) in [5, 5.41) is 13.1. The monoisotopic (exact) mass is 362 g/mol. The number of rotatable bonds is 3. The third-order valence-corrected chi connectivity index (χ3v) is 5.17. The quantitative estimate of drug-likeness (QED) is 0.900. The lowest BCUT2D eigenvalue weighted by Crippen LogP contribution is -2.17. The van der Waals surface area contributed by atoms with Crippen LogP contribution in [0.2, 0.25) is 5.02 Å². The first-order valence-electron chi connectivity index (χ1n) is 7.37. The highest BCUT2D eigenvalue weighted by Gasteiger charge is 2.19. The maximum Gasteiger partial charge on any atom is 0.229 e. The van der Waals surface area contributed by atoms with E-state index in [1.54, 1.807) is 12.1 Å². The molecule has 1 aliphatic rings. The Morgan fingerprint density at radius 3 is 2.88 bits per heavy atom. The molecule has 5 nitrogen and oxygen atoms in total. The van der Waals surface area contributed by atoms with Crippen molar-refractivity contribution in [1.82, 2.24) is 0 Å². The number of anilines is 1. The van der Waals surface area contributed by atoms with Gasteiger partial charge in [-0.3, -0.25) is 4.79 Å². The minimum Gasteiger partial charge on any atom is -0.486 e. The molecule has 2 heterocycles. The maximum absolute atomic E-state index is 12.3. The summed E-state index contributed by atoms with van der Waals surface area (Å²) in [6.07, 6.45) is 0.136. The Balaban J connectivity index is 1.77. The van der Waals surface area contributed by atoms with E-state index in [0.29, 0.717) is 40.3 Å². The fourth-order valence-electron chi connectivity index (χ4n) is 2.47. The van der Waals surface area contributed by atoms with Crippen LogP contribution in [0, 0.1) is 25.2 Å². The van der Waals surface area contributed by atoms with Gasteiger partial charge in [0, 0.05) is 4.88 Å². The number of hydrogen-bond acceptors (Lipinski definition) is 5. The normalized spacial score (nSPS) is 12.6. The zero-order chi connectivity index (χ0) is 17.3. The summed E-state index contributed by atoms with van der Waals surface area (Å²) in [6, 6.07) is 5.60. The van der Waals surface area contributed by atoms with Crippen molar-refractivity contribution in [2.45, 2.75) is 20.3 Å². The van der Waals surface area contributed by atoms with Gasteiger partial charge in [-0.05, 0) is 37.1 Å². The van der Waals surface area contributed by atoms with Crippen LogP contribution in [0.4, 0.5) is 5.00 Å². The second-order valence-electron chi connectivity index (χ2n) is 5.43. The van der Waals surface area contributed by atoms with Crippen molar-refractivity contribution < 1.29 is 14.3 Å². The number of halogens is 1. The van der Waals surface area contributed by atoms with Gasteiger partial charge in [-0.15, -0.1) is 11.3 Å². The molecule has 1 aromatic heterocycles. The largest absolute Gasteiger partial charge is 0.486 e. The molecule has 0 saturated heterocycles. The number of carbonyl (C=O) groups excluding carboxylic acids is 1. The Hall–Kier alpha value is -2.23. The van der Waals surface area contributed by atoms with Gasteiger partial charge in [0.05, 0.1) is 17.0 Å². The van der Waals surface area contributed by atoms with E-state index in [-0.39, 0.29) is 12.3 Å². The fourth-order valence-corrected chi connectivity index (χ4v) is 3.79. The Bertz CT molecular complexity index is 854. The molecule has 0 spiro atoms. The maximum atomic E-state index is 12.3. The van der Waals surface area contributed by atoms with Gasteiger partial charge in [-0.1, -0.05) is 11.6 Å². The van der Waals surface area contributed by atoms with Gasteiger partial charge < -0.3 is 14.8 Å². The van der Waals surface area contributed by atoms with Crippen LogP contribution in [-0.2, 0) is 11.2 Å². The number of fused-ring (bicyclic) bond motifs is 1. The molecule has 0 aliphatic carbocycles. The highest BCUT2D eigenvalue weighted by molar-refractivity contribution is 7.16. The van der Waals surface area contributed by atoms with E-state index < -0.39 is 0 Å². The zero-order valence-corrected chi connectivity index (χ0v) is 14.8. The smallest absolute Gasteiger partial charge is 0.229 e. The predicted molar refractivity (Wildman–Crippen MR) is 93.3 cm³/mol. The number of aryl methyl sites for hydroxylation is 1. The van der Waals surface area contributed by atoms with Gasteiger partial charge in [0.2, 0.25) is 5.91 Å². The van der Waals surface area contributed by atoms with Crippen molar-refractivity contribution in [3.8, 4) is 17.6 Å². The standard InChI is InChI=1S/C17H15ClN2O3S/c1-9-10(2)24-17(12(9)8-19)20-15(21)7-11-5-13(18)16-14(6-11)22-3-4-23-16/h5-6H,3-4,7H2,1-2H3,(H,20,21). The van der Waals surface area contributed by atoms with Gasteiger partial charge in [-0.25, -0.2) is 0 Å². The van der Waals surface area contributed by atoms with Gasteiger partial charge in [0.1, 0.15) is 24.3 Å². The minimum absolute atomic E-state index is 0.136. The molecule has 0 radical (unpaired) electrons. The Kier molecular flexibility index (Phi) is 4.65.